The van der Waals surface area contributed by atoms with E-state index >= 15 is 0 Å². The fourth-order valence-corrected chi connectivity index (χ4v) is 2.42. The van der Waals surface area contributed by atoms with Crippen LogP contribution in [-0.2, 0) is 9.53 Å². The Bertz CT molecular complexity index is 878. The zero-order chi connectivity index (χ0) is 20.7. The quantitative estimate of drug-likeness (QED) is 0.701. The van der Waals surface area contributed by atoms with Crippen LogP contribution in [0.1, 0.15) is 31.1 Å². The second-order valence-corrected chi connectivity index (χ2v) is 7.29. The van der Waals surface area contributed by atoms with E-state index in [1.807, 2.05) is 0 Å². The topological polar surface area (TPSA) is 96.5 Å². The Balaban J connectivity index is 2.00. The van der Waals surface area contributed by atoms with Gasteiger partial charge in [0.1, 0.15) is 12.1 Å². The molecule has 0 aliphatic rings. The van der Waals surface area contributed by atoms with Gasteiger partial charge in [-0.1, -0.05) is 35.9 Å². The molecule has 3 amide bonds. The van der Waals surface area contributed by atoms with E-state index in [0.717, 1.165) is 0 Å². The number of para-hydroxylation sites is 2. The highest BCUT2D eigenvalue weighted by molar-refractivity contribution is 6.34. The number of hydrogen-bond donors (Lipinski definition) is 3. The molecular weight excluding hydrogens is 382 g/mol. The van der Waals surface area contributed by atoms with Gasteiger partial charge in [-0.3, -0.25) is 9.59 Å². The van der Waals surface area contributed by atoms with Crippen molar-refractivity contribution >= 4 is 40.9 Å². The zero-order valence-electron chi connectivity index (χ0n) is 15.8. The normalized spacial score (nSPS) is 10.7. The van der Waals surface area contributed by atoms with Crippen LogP contribution in [0.4, 0.5) is 16.2 Å². The van der Waals surface area contributed by atoms with Gasteiger partial charge in [0.05, 0.1) is 22.0 Å². The van der Waals surface area contributed by atoms with Crippen molar-refractivity contribution in [2.24, 2.45) is 0 Å². The van der Waals surface area contributed by atoms with Crippen molar-refractivity contribution in [1.29, 1.82) is 0 Å². The van der Waals surface area contributed by atoms with E-state index in [1.165, 1.54) is 0 Å². The first-order chi connectivity index (χ1) is 13.2. The largest absolute Gasteiger partial charge is 0.444 e. The van der Waals surface area contributed by atoms with Gasteiger partial charge >= 0.3 is 6.09 Å². The Labute approximate surface area is 168 Å². The predicted molar refractivity (Wildman–Crippen MR) is 109 cm³/mol. The van der Waals surface area contributed by atoms with Gasteiger partial charge in [-0.25, -0.2) is 4.79 Å². The molecule has 2 aromatic carbocycles. The number of carbonyl (C=O) groups is 3. The molecule has 0 radical (unpaired) electrons. The van der Waals surface area contributed by atoms with Gasteiger partial charge in [-0.2, -0.15) is 0 Å². The van der Waals surface area contributed by atoms with Crippen LogP contribution < -0.4 is 16.0 Å². The fourth-order valence-electron chi connectivity index (χ4n) is 2.20. The Morgan fingerprint density at radius 1 is 0.929 bits per heavy atom. The summed E-state index contributed by atoms with van der Waals surface area (Å²) in [5, 5.41) is 8.06. The molecule has 0 spiro atoms. The Morgan fingerprint density at radius 3 is 2.11 bits per heavy atom. The lowest BCUT2D eigenvalue weighted by molar-refractivity contribution is -0.115. The van der Waals surface area contributed by atoms with E-state index in [0.29, 0.717) is 22.0 Å². The third kappa shape index (κ3) is 6.59. The minimum atomic E-state index is -0.692. The van der Waals surface area contributed by atoms with Crippen LogP contribution in [0, 0.1) is 0 Å². The highest BCUT2D eigenvalue weighted by Crippen LogP contribution is 2.23. The molecule has 8 heteroatoms. The molecule has 2 rings (SSSR count). The van der Waals surface area contributed by atoms with E-state index in [9.17, 15) is 14.4 Å². The van der Waals surface area contributed by atoms with E-state index < -0.39 is 23.5 Å². The molecule has 0 aliphatic heterocycles. The maximum atomic E-state index is 12.4. The van der Waals surface area contributed by atoms with E-state index in [2.05, 4.69) is 16.0 Å². The SMILES string of the molecule is CC(C)(C)OC(=O)NCC(=O)Nc1ccccc1NC(=O)c1ccccc1Cl. The molecule has 0 saturated heterocycles. The molecule has 0 bridgehead atoms. The summed E-state index contributed by atoms with van der Waals surface area (Å²) in [5.41, 5.74) is 0.449. The van der Waals surface area contributed by atoms with Crippen molar-refractivity contribution < 1.29 is 19.1 Å². The van der Waals surface area contributed by atoms with Crippen molar-refractivity contribution in [2.75, 3.05) is 17.2 Å². The summed E-state index contributed by atoms with van der Waals surface area (Å²) in [4.78, 5) is 36.2. The smallest absolute Gasteiger partial charge is 0.408 e. The molecule has 0 unspecified atom stereocenters. The van der Waals surface area contributed by atoms with Gasteiger partial charge in [0.25, 0.3) is 5.91 Å². The highest BCUT2D eigenvalue weighted by Gasteiger charge is 2.17. The number of anilines is 2. The summed E-state index contributed by atoms with van der Waals surface area (Å²) in [6.45, 7) is 4.90. The molecule has 0 saturated carbocycles. The number of hydrogen-bond acceptors (Lipinski definition) is 4. The van der Waals surface area contributed by atoms with Crippen molar-refractivity contribution in [3.05, 3.63) is 59.1 Å². The number of benzene rings is 2. The van der Waals surface area contributed by atoms with Crippen molar-refractivity contribution in [3.63, 3.8) is 0 Å². The first-order valence-electron chi connectivity index (χ1n) is 8.57. The van der Waals surface area contributed by atoms with Crippen LogP contribution in [0.3, 0.4) is 0 Å². The number of carbonyl (C=O) groups excluding carboxylic acids is 3. The first-order valence-corrected chi connectivity index (χ1v) is 8.95. The fraction of sp³-hybridized carbons (Fsp3) is 0.250. The third-order valence-corrected chi connectivity index (χ3v) is 3.69. The molecule has 7 nitrogen and oxygen atoms in total. The van der Waals surface area contributed by atoms with Crippen LogP contribution in [0.2, 0.25) is 5.02 Å². The standard InChI is InChI=1S/C20H22ClN3O4/c1-20(2,3)28-19(27)22-12-17(25)23-15-10-6-7-11-16(15)24-18(26)13-8-4-5-9-14(13)21/h4-11H,12H2,1-3H3,(H,22,27)(H,23,25)(H,24,26). The van der Waals surface area contributed by atoms with E-state index in [-0.39, 0.29) is 6.54 Å². The molecular formula is C20H22ClN3O4. The Morgan fingerprint density at radius 2 is 1.50 bits per heavy atom. The van der Waals surface area contributed by atoms with Crippen LogP contribution in [0.5, 0.6) is 0 Å². The summed E-state index contributed by atoms with van der Waals surface area (Å²) in [5.74, 6) is -0.871. The first kappa shape index (κ1) is 21.2. The van der Waals surface area contributed by atoms with Gasteiger partial charge in [-0.15, -0.1) is 0 Å². The monoisotopic (exact) mass is 403 g/mol. The van der Waals surface area contributed by atoms with E-state index in [4.69, 9.17) is 16.3 Å². The molecule has 0 fully saturated rings. The van der Waals surface area contributed by atoms with Crippen molar-refractivity contribution in [1.82, 2.24) is 5.32 Å². The Hall–Kier alpha value is -3.06. The highest BCUT2D eigenvalue weighted by atomic mass is 35.5. The van der Waals surface area contributed by atoms with Crippen LogP contribution in [0.15, 0.2) is 48.5 Å². The number of amides is 3. The lowest BCUT2D eigenvalue weighted by Crippen LogP contribution is -2.37. The molecule has 0 atom stereocenters. The van der Waals surface area contributed by atoms with Gasteiger partial charge in [0.2, 0.25) is 5.91 Å². The molecule has 0 aliphatic carbocycles. The molecule has 3 N–H and O–H groups in total. The second kappa shape index (κ2) is 9.23. The lowest BCUT2D eigenvalue weighted by Gasteiger charge is -2.19. The minimum Gasteiger partial charge on any atom is -0.444 e. The average molecular weight is 404 g/mol. The zero-order valence-corrected chi connectivity index (χ0v) is 16.6. The van der Waals surface area contributed by atoms with Crippen molar-refractivity contribution in [3.8, 4) is 0 Å². The van der Waals surface area contributed by atoms with E-state index in [1.54, 1.807) is 69.3 Å². The number of nitrogens with one attached hydrogen (secondary N) is 3. The number of ether oxygens (including phenoxy) is 1. The predicted octanol–water partition coefficient (Wildman–Crippen LogP) is 4.06. The van der Waals surface area contributed by atoms with Gasteiger partial charge in [-0.05, 0) is 45.0 Å². The number of alkyl carbamates (subject to hydrolysis) is 1. The molecule has 0 aromatic heterocycles. The van der Waals surface area contributed by atoms with Crippen LogP contribution in [-0.4, -0.2) is 30.1 Å². The number of rotatable bonds is 5. The third-order valence-electron chi connectivity index (χ3n) is 3.36. The maximum Gasteiger partial charge on any atom is 0.408 e. The molecule has 2 aromatic rings. The lowest BCUT2D eigenvalue weighted by atomic mass is 10.2. The molecule has 148 valence electrons. The van der Waals surface area contributed by atoms with Crippen LogP contribution in [0.25, 0.3) is 0 Å². The van der Waals surface area contributed by atoms with Crippen LogP contribution >= 0.6 is 11.6 Å². The van der Waals surface area contributed by atoms with Gasteiger partial charge in [0.15, 0.2) is 0 Å². The Kier molecular flexibility index (Phi) is 7.00. The van der Waals surface area contributed by atoms with Crippen molar-refractivity contribution in [2.45, 2.75) is 26.4 Å². The van der Waals surface area contributed by atoms with Gasteiger partial charge in [0, 0.05) is 0 Å². The molecule has 0 heterocycles. The minimum absolute atomic E-state index is 0.276. The van der Waals surface area contributed by atoms with Gasteiger partial charge < -0.3 is 20.7 Å². The summed E-state index contributed by atoms with van der Waals surface area (Å²) in [6, 6.07) is 13.4. The summed E-state index contributed by atoms with van der Waals surface area (Å²) in [7, 11) is 0. The summed E-state index contributed by atoms with van der Waals surface area (Å²) in [6.07, 6.45) is -0.692. The second-order valence-electron chi connectivity index (χ2n) is 6.88. The maximum absolute atomic E-state index is 12.4. The summed E-state index contributed by atoms with van der Waals surface area (Å²) >= 11 is 6.04. The number of halogens is 1. The summed E-state index contributed by atoms with van der Waals surface area (Å²) < 4.78 is 5.08. The average Bonchev–Trinajstić information content (AvgIpc) is 2.60. The molecule has 28 heavy (non-hydrogen) atoms.